The van der Waals surface area contributed by atoms with Crippen LogP contribution in [0.3, 0.4) is 0 Å². The topological polar surface area (TPSA) is 25.8 Å². The van der Waals surface area contributed by atoms with Gasteiger partial charge in [0.25, 0.3) is 0 Å². The Morgan fingerprint density at radius 2 is 1.67 bits per heavy atom. The van der Waals surface area contributed by atoms with Crippen molar-refractivity contribution in [3.8, 4) is 22.4 Å². The summed E-state index contributed by atoms with van der Waals surface area (Å²) >= 11 is 0. The molecule has 0 N–H and O–H groups in total. The fourth-order valence-electron chi connectivity index (χ4n) is 3.47. The van der Waals surface area contributed by atoms with Gasteiger partial charge in [-0.1, -0.05) is 38.1 Å². The Hall–Kier alpha value is -2.48. The first-order valence-corrected chi connectivity index (χ1v) is 7.19. The van der Waals surface area contributed by atoms with Crippen molar-refractivity contribution in [2.45, 2.75) is 19.3 Å². The van der Waals surface area contributed by atoms with Crippen molar-refractivity contribution in [2.75, 3.05) is 0 Å². The average molecular weight is 272 g/mol. The van der Waals surface area contributed by atoms with Crippen LogP contribution < -0.4 is 0 Å². The Morgan fingerprint density at radius 1 is 0.810 bits per heavy atom. The van der Waals surface area contributed by atoms with E-state index in [9.17, 15) is 0 Å². The lowest BCUT2D eigenvalue weighted by Crippen LogP contribution is -2.16. The van der Waals surface area contributed by atoms with Crippen molar-refractivity contribution in [1.82, 2.24) is 9.97 Å². The Morgan fingerprint density at radius 3 is 2.48 bits per heavy atom. The van der Waals surface area contributed by atoms with Crippen molar-refractivity contribution in [2.24, 2.45) is 0 Å². The molecule has 2 heterocycles. The van der Waals surface area contributed by atoms with Crippen LogP contribution in [-0.2, 0) is 5.41 Å². The first kappa shape index (κ1) is 12.3. The zero-order valence-electron chi connectivity index (χ0n) is 12.2. The van der Waals surface area contributed by atoms with Gasteiger partial charge in [0.05, 0.1) is 5.69 Å². The Bertz CT molecular complexity index is 820. The monoisotopic (exact) mass is 272 g/mol. The molecule has 0 amide bonds. The minimum atomic E-state index is -0.0261. The van der Waals surface area contributed by atoms with Gasteiger partial charge in [-0.25, -0.2) is 0 Å². The van der Waals surface area contributed by atoms with Gasteiger partial charge >= 0.3 is 0 Å². The number of hydrogen-bond acceptors (Lipinski definition) is 2. The van der Waals surface area contributed by atoms with Crippen LogP contribution in [0.25, 0.3) is 22.4 Å². The predicted octanol–water partition coefficient (Wildman–Crippen LogP) is 4.45. The predicted molar refractivity (Wildman–Crippen MR) is 85.0 cm³/mol. The zero-order chi connectivity index (χ0) is 14.4. The fourth-order valence-corrected chi connectivity index (χ4v) is 3.47. The van der Waals surface area contributed by atoms with Crippen LogP contribution in [0.15, 0.2) is 61.1 Å². The van der Waals surface area contributed by atoms with Crippen LogP contribution in [-0.4, -0.2) is 9.97 Å². The van der Waals surface area contributed by atoms with Crippen molar-refractivity contribution in [3.63, 3.8) is 0 Å². The van der Waals surface area contributed by atoms with Crippen LogP contribution >= 0.6 is 0 Å². The molecule has 0 unspecified atom stereocenters. The van der Waals surface area contributed by atoms with E-state index in [0.29, 0.717) is 0 Å². The van der Waals surface area contributed by atoms with E-state index in [4.69, 9.17) is 0 Å². The molecular weight excluding hydrogens is 256 g/mol. The van der Waals surface area contributed by atoms with E-state index >= 15 is 0 Å². The molecule has 0 aliphatic heterocycles. The van der Waals surface area contributed by atoms with E-state index in [0.717, 1.165) is 5.69 Å². The molecule has 0 fully saturated rings. The van der Waals surface area contributed by atoms with Crippen molar-refractivity contribution < 1.29 is 0 Å². The Balaban J connectivity index is 2.06. The molecule has 0 saturated heterocycles. The molecule has 1 aromatic carbocycles. The molecule has 0 atom stereocenters. The number of nitrogens with zero attached hydrogens (tertiary/aromatic N) is 2. The summed E-state index contributed by atoms with van der Waals surface area (Å²) in [5.41, 5.74) is 7.45. The molecule has 1 aliphatic carbocycles. The van der Waals surface area contributed by atoms with Gasteiger partial charge in [0, 0.05) is 35.1 Å². The maximum Gasteiger partial charge on any atom is 0.0705 e. The molecule has 2 aromatic heterocycles. The second-order valence-electron chi connectivity index (χ2n) is 5.99. The molecule has 0 radical (unpaired) electrons. The highest BCUT2D eigenvalue weighted by atomic mass is 14.7. The first-order chi connectivity index (χ1) is 10.2. The van der Waals surface area contributed by atoms with Crippen LogP contribution in [0.2, 0.25) is 0 Å². The summed E-state index contributed by atoms with van der Waals surface area (Å²) in [6.07, 6.45) is 5.71. The van der Waals surface area contributed by atoms with Gasteiger partial charge in [0.2, 0.25) is 0 Å². The Kier molecular flexibility index (Phi) is 2.49. The summed E-state index contributed by atoms with van der Waals surface area (Å²) < 4.78 is 0. The highest BCUT2D eigenvalue weighted by molar-refractivity contribution is 5.86. The third kappa shape index (κ3) is 1.65. The summed E-state index contributed by atoms with van der Waals surface area (Å²) in [6.45, 7) is 4.56. The van der Waals surface area contributed by atoms with Crippen LogP contribution in [0, 0.1) is 0 Å². The van der Waals surface area contributed by atoms with Crippen LogP contribution in [0.1, 0.15) is 25.0 Å². The molecule has 0 bridgehead atoms. The lowest BCUT2D eigenvalue weighted by molar-refractivity contribution is 0.661. The second kappa shape index (κ2) is 4.26. The Labute approximate surface area is 124 Å². The minimum absolute atomic E-state index is 0.0261. The third-order valence-corrected chi connectivity index (χ3v) is 4.41. The van der Waals surface area contributed by atoms with Crippen molar-refractivity contribution in [3.05, 3.63) is 72.2 Å². The number of hydrogen-bond donors (Lipinski definition) is 0. The van der Waals surface area contributed by atoms with Gasteiger partial charge in [-0.15, -0.1) is 0 Å². The minimum Gasteiger partial charge on any atom is -0.264 e. The van der Waals surface area contributed by atoms with E-state index in [2.05, 4.69) is 54.1 Å². The number of aromatic nitrogens is 2. The maximum atomic E-state index is 4.54. The smallest absolute Gasteiger partial charge is 0.0705 e. The molecule has 2 heteroatoms. The van der Waals surface area contributed by atoms with E-state index < -0.39 is 0 Å². The maximum absolute atomic E-state index is 4.54. The molecular formula is C19H16N2. The zero-order valence-corrected chi connectivity index (χ0v) is 12.2. The van der Waals surface area contributed by atoms with Crippen LogP contribution in [0.4, 0.5) is 0 Å². The summed E-state index contributed by atoms with van der Waals surface area (Å²) in [5, 5.41) is 0. The second-order valence-corrected chi connectivity index (χ2v) is 5.99. The molecule has 3 aromatic rings. The summed E-state index contributed by atoms with van der Waals surface area (Å²) in [4.78, 5) is 8.85. The summed E-state index contributed by atoms with van der Waals surface area (Å²) in [7, 11) is 0. The van der Waals surface area contributed by atoms with Gasteiger partial charge < -0.3 is 0 Å². The average Bonchev–Trinajstić information content (AvgIpc) is 2.77. The fraction of sp³-hybridized carbons (Fsp3) is 0.158. The van der Waals surface area contributed by atoms with Gasteiger partial charge in [-0.2, -0.15) is 0 Å². The number of pyridine rings is 2. The van der Waals surface area contributed by atoms with E-state index in [-0.39, 0.29) is 5.41 Å². The van der Waals surface area contributed by atoms with Gasteiger partial charge in [0.1, 0.15) is 0 Å². The number of benzene rings is 1. The van der Waals surface area contributed by atoms with E-state index in [1.807, 2.05) is 30.7 Å². The summed E-state index contributed by atoms with van der Waals surface area (Å²) in [5.74, 6) is 0. The van der Waals surface area contributed by atoms with Crippen molar-refractivity contribution in [1.29, 1.82) is 0 Å². The number of fused-ring (bicyclic) bond motifs is 3. The third-order valence-electron chi connectivity index (χ3n) is 4.41. The normalized spacial score (nSPS) is 14.6. The SMILES string of the molecule is CC1(C)c2ccncc2-c2cccc(-c3ccccn3)c21. The quantitative estimate of drug-likeness (QED) is 0.654. The number of rotatable bonds is 1. The lowest BCUT2D eigenvalue weighted by atomic mass is 9.79. The molecule has 2 nitrogen and oxygen atoms in total. The first-order valence-electron chi connectivity index (χ1n) is 7.19. The van der Waals surface area contributed by atoms with Gasteiger partial charge in [0.15, 0.2) is 0 Å². The lowest BCUT2D eigenvalue weighted by Gasteiger charge is -2.24. The summed E-state index contributed by atoms with van der Waals surface area (Å²) in [6, 6.07) is 14.7. The largest absolute Gasteiger partial charge is 0.264 e. The van der Waals surface area contributed by atoms with Crippen LogP contribution in [0.5, 0.6) is 0 Å². The molecule has 0 saturated carbocycles. The van der Waals surface area contributed by atoms with Crippen molar-refractivity contribution >= 4 is 0 Å². The highest BCUT2D eigenvalue weighted by Crippen LogP contribution is 2.51. The highest BCUT2D eigenvalue weighted by Gasteiger charge is 2.37. The molecule has 1 aliphatic rings. The van der Waals surface area contributed by atoms with E-state index in [1.54, 1.807) is 0 Å². The van der Waals surface area contributed by atoms with E-state index in [1.165, 1.54) is 27.8 Å². The molecule has 102 valence electrons. The molecule has 0 spiro atoms. The van der Waals surface area contributed by atoms with Gasteiger partial charge in [-0.3, -0.25) is 9.97 Å². The molecule has 21 heavy (non-hydrogen) atoms. The molecule has 4 rings (SSSR count). The standard InChI is InChI=1S/C19H16N2/c1-19(2)16-9-11-20-12-15(16)13-6-5-7-14(18(13)19)17-8-3-4-10-21-17/h3-12H,1-2H3. The van der Waals surface area contributed by atoms with Gasteiger partial charge in [-0.05, 0) is 34.9 Å².